The number of aryl methyl sites for hydroxylation is 1. The van der Waals surface area contributed by atoms with Crippen molar-refractivity contribution in [2.75, 3.05) is 25.5 Å². The molecule has 0 saturated carbocycles. The summed E-state index contributed by atoms with van der Waals surface area (Å²) < 4.78 is 5.33. The molecule has 0 spiro atoms. The zero-order valence-electron chi connectivity index (χ0n) is 12.5. The van der Waals surface area contributed by atoms with E-state index in [9.17, 15) is 9.59 Å². The fourth-order valence-electron chi connectivity index (χ4n) is 2.31. The van der Waals surface area contributed by atoms with Gasteiger partial charge in [-0.15, -0.1) is 0 Å². The molecule has 1 saturated heterocycles. The van der Waals surface area contributed by atoms with Gasteiger partial charge in [0.25, 0.3) is 5.91 Å². The van der Waals surface area contributed by atoms with Gasteiger partial charge in [-0.1, -0.05) is 0 Å². The van der Waals surface area contributed by atoms with Crippen LogP contribution < -0.4 is 11.1 Å². The first kappa shape index (κ1) is 15.3. The maximum Gasteiger partial charge on any atom is 0.260 e. The summed E-state index contributed by atoms with van der Waals surface area (Å²) >= 11 is 0. The number of nitrogen functional groups attached to an aromatic ring is 1. The molecule has 2 heterocycles. The fraction of sp³-hybridized carbons (Fsp3) is 0.615. The van der Waals surface area contributed by atoms with Gasteiger partial charge in [0.15, 0.2) is 5.82 Å². The molecule has 1 atom stereocenters. The molecule has 0 aliphatic carbocycles. The van der Waals surface area contributed by atoms with Crippen molar-refractivity contribution in [2.24, 2.45) is 0 Å². The Morgan fingerprint density at radius 3 is 2.81 bits per heavy atom. The van der Waals surface area contributed by atoms with E-state index in [2.05, 4.69) is 15.5 Å². The molecule has 0 aromatic carbocycles. The van der Waals surface area contributed by atoms with E-state index in [4.69, 9.17) is 10.5 Å². The summed E-state index contributed by atoms with van der Waals surface area (Å²) in [5.74, 6) is -0.379. The number of ether oxygens (including phenoxy) is 1. The van der Waals surface area contributed by atoms with Gasteiger partial charge in [-0.25, -0.2) is 0 Å². The van der Waals surface area contributed by atoms with Crippen LogP contribution in [0.3, 0.4) is 0 Å². The number of hydrogen-bond acceptors (Lipinski definition) is 5. The minimum Gasteiger partial charge on any atom is -0.382 e. The lowest BCUT2D eigenvalue weighted by atomic mass is 10.1. The Labute approximate surface area is 123 Å². The van der Waals surface area contributed by atoms with Crippen LogP contribution in [0.1, 0.15) is 29.9 Å². The predicted molar refractivity (Wildman–Crippen MR) is 76.7 cm³/mol. The van der Waals surface area contributed by atoms with Gasteiger partial charge >= 0.3 is 0 Å². The van der Waals surface area contributed by atoms with Gasteiger partial charge in [0.2, 0.25) is 5.91 Å². The van der Waals surface area contributed by atoms with Gasteiger partial charge in [-0.3, -0.25) is 14.7 Å². The van der Waals surface area contributed by atoms with Gasteiger partial charge in [0.05, 0.1) is 13.2 Å². The van der Waals surface area contributed by atoms with Crippen LogP contribution in [0.5, 0.6) is 0 Å². The number of morpholine rings is 1. The number of nitrogens with two attached hydrogens (primary N) is 1. The zero-order valence-corrected chi connectivity index (χ0v) is 12.5. The lowest BCUT2D eigenvalue weighted by molar-refractivity contribution is -0.131. The number of hydrogen-bond donors (Lipinski definition) is 3. The molecule has 116 valence electrons. The molecular formula is C13H21N5O3. The highest BCUT2D eigenvalue weighted by atomic mass is 16.5. The van der Waals surface area contributed by atoms with E-state index in [1.165, 1.54) is 4.90 Å². The summed E-state index contributed by atoms with van der Waals surface area (Å²) in [4.78, 5) is 26.4. The second-order valence-corrected chi connectivity index (χ2v) is 5.36. The van der Waals surface area contributed by atoms with Gasteiger partial charge in [0, 0.05) is 18.3 Å². The van der Waals surface area contributed by atoms with E-state index >= 15 is 0 Å². The number of aromatic amines is 1. The van der Waals surface area contributed by atoms with Crippen LogP contribution in [0, 0.1) is 6.92 Å². The number of carbonyl (C=O) groups is 2. The van der Waals surface area contributed by atoms with E-state index < -0.39 is 6.04 Å². The Kier molecular flexibility index (Phi) is 4.46. The highest BCUT2D eigenvalue weighted by Gasteiger charge is 2.35. The Hall–Kier alpha value is -2.09. The van der Waals surface area contributed by atoms with E-state index in [0.29, 0.717) is 24.4 Å². The third-order valence-electron chi connectivity index (χ3n) is 3.31. The van der Waals surface area contributed by atoms with Crippen LogP contribution in [-0.4, -0.2) is 58.8 Å². The van der Waals surface area contributed by atoms with Gasteiger partial charge < -0.3 is 20.7 Å². The minimum atomic E-state index is -0.651. The van der Waals surface area contributed by atoms with Crippen molar-refractivity contribution in [3.63, 3.8) is 0 Å². The lowest BCUT2D eigenvalue weighted by Crippen LogP contribution is -2.56. The minimum absolute atomic E-state index is 0.00268. The zero-order chi connectivity index (χ0) is 15.6. The molecule has 2 amide bonds. The molecular weight excluding hydrogens is 274 g/mol. The van der Waals surface area contributed by atoms with E-state index in [1.54, 1.807) is 6.92 Å². The normalized spacial score (nSPS) is 18.9. The lowest BCUT2D eigenvalue weighted by Gasteiger charge is -2.35. The first-order valence-corrected chi connectivity index (χ1v) is 6.91. The summed E-state index contributed by atoms with van der Waals surface area (Å²) in [5.41, 5.74) is 6.64. The molecule has 1 aromatic rings. The van der Waals surface area contributed by atoms with E-state index in [-0.39, 0.29) is 30.3 Å². The second kappa shape index (κ2) is 6.13. The number of nitrogens with zero attached hydrogens (tertiary/aromatic N) is 2. The average Bonchev–Trinajstić information content (AvgIpc) is 2.76. The number of carbonyl (C=O) groups excluding carboxylic acids is 2. The third kappa shape index (κ3) is 3.15. The molecule has 0 bridgehead atoms. The van der Waals surface area contributed by atoms with Crippen LogP contribution >= 0.6 is 0 Å². The molecule has 1 aliphatic heterocycles. The van der Waals surface area contributed by atoms with Crippen LogP contribution in [0.4, 0.5) is 5.82 Å². The number of anilines is 1. The summed E-state index contributed by atoms with van der Waals surface area (Å²) in [6, 6.07) is -0.653. The quantitative estimate of drug-likeness (QED) is 0.706. The van der Waals surface area contributed by atoms with E-state index in [0.717, 1.165) is 0 Å². The van der Waals surface area contributed by atoms with Crippen molar-refractivity contribution < 1.29 is 14.3 Å². The largest absolute Gasteiger partial charge is 0.382 e. The third-order valence-corrected chi connectivity index (χ3v) is 3.31. The second-order valence-electron chi connectivity index (χ2n) is 5.36. The van der Waals surface area contributed by atoms with Crippen LogP contribution in [-0.2, 0) is 9.53 Å². The van der Waals surface area contributed by atoms with E-state index in [1.807, 2.05) is 13.8 Å². The number of nitrogens with one attached hydrogen (secondary N) is 2. The molecule has 8 heteroatoms. The molecule has 1 aliphatic rings. The summed E-state index contributed by atoms with van der Waals surface area (Å²) in [7, 11) is 0. The maximum atomic E-state index is 12.7. The molecule has 2 rings (SSSR count). The molecule has 8 nitrogen and oxygen atoms in total. The molecule has 1 fully saturated rings. The van der Waals surface area contributed by atoms with Crippen LogP contribution in [0.25, 0.3) is 0 Å². The van der Waals surface area contributed by atoms with Crippen molar-refractivity contribution in [3.8, 4) is 0 Å². The molecule has 1 unspecified atom stereocenters. The van der Waals surface area contributed by atoms with Crippen molar-refractivity contribution in [3.05, 3.63) is 11.3 Å². The maximum absolute atomic E-state index is 12.7. The highest BCUT2D eigenvalue weighted by Crippen LogP contribution is 2.19. The average molecular weight is 295 g/mol. The van der Waals surface area contributed by atoms with Crippen LogP contribution in [0.2, 0.25) is 0 Å². The predicted octanol–water partition coefficient (Wildman–Crippen LogP) is -0.334. The number of amides is 2. The van der Waals surface area contributed by atoms with Gasteiger partial charge in [-0.05, 0) is 20.8 Å². The number of rotatable bonds is 3. The number of H-pyrrole nitrogens is 1. The molecule has 21 heavy (non-hydrogen) atoms. The molecule has 0 radical (unpaired) electrons. The molecule has 1 aromatic heterocycles. The Morgan fingerprint density at radius 1 is 1.52 bits per heavy atom. The van der Waals surface area contributed by atoms with Crippen LogP contribution in [0.15, 0.2) is 0 Å². The highest BCUT2D eigenvalue weighted by molar-refractivity contribution is 6.01. The Bertz CT molecular complexity index is 520. The number of aromatic nitrogens is 2. The standard InChI is InChI=1S/C13H21N5O3/c1-7(2)15-12(19)9-6-21-5-4-18(9)13(20)10-8(3)16-17-11(10)14/h7,9H,4-6H2,1-3H3,(H,15,19)(H3,14,16,17). The first-order chi connectivity index (χ1) is 9.91. The van der Waals surface area contributed by atoms with Crippen molar-refractivity contribution >= 4 is 17.6 Å². The summed E-state index contributed by atoms with van der Waals surface area (Å²) in [6.45, 7) is 6.38. The Morgan fingerprint density at radius 2 is 2.24 bits per heavy atom. The SMILES string of the molecule is Cc1[nH]nc(N)c1C(=O)N1CCOCC1C(=O)NC(C)C. The molecule has 4 N–H and O–H groups in total. The first-order valence-electron chi connectivity index (χ1n) is 6.91. The van der Waals surface area contributed by atoms with Crippen molar-refractivity contribution in [1.82, 2.24) is 20.4 Å². The summed E-state index contributed by atoms with van der Waals surface area (Å²) in [6.07, 6.45) is 0. The van der Waals surface area contributed by atoms with Gasteiger partial charge in [0.1, 0.15) is 11.6 Å². The topological polar surface area (TPSA) is 113 Å². The smallest absolute Gasteiger partial charge is 0.260 e. The monoisotopic (exact) mass is 295 g/mol. The Balaban J connectivity index is 2.22. The fourth-order valence-corrected chi connectivity index (χ4v) is 2.31. The van der Waals surface area contributed by atoms with Crippen molar-refractivity contribution in [1.29, 1.82) is 0 Å². The summed E-state index contributed by atoms with van der Waals surface area (Å²) in [5, 5.41) is 9.31. The van der Waals surface area contributed by atoms with Gasteiger partial charge in [-0.2, -0.15) is 5.10 Å². The van der Waals surface area contributed by atoms with Crippen molar-refractivity contribution in [2.45, 2.75) is 32.9 Å².